The van der Waals surface area contributed by atoms with Gasteiger partial charge in [-0.1, -0.05) is 0 Å². The van der Waals surface area contributed by atoms with E-state index in [-0.39, 0.29) is 6.03 Å². The minimum atomic E-state index is -0.0396. The van der Waals surface area contributed by atoms with Crippen LogP contribution < -0.4 is 5.32 Å². The Balaban J connectivity index is 1.33. The molecule has 4 rings (SSSR count). The van der Waals surface area contributed by atoms with Gasteiger partial charge in [0.2, 0.25) is 0 Å². The van der Waals surface area contributed by atoms with E-state index in [9.17, 15) is 4.79 Å². The van der Waals surface area contributed by atoms with Gasteiger partial charge in [0.25, 0.3) is 0 Å². The number of hydrogen-bond donors (Lipinski definition) is 1. The van der Waals surface area contributed by atoms with E-state index in [1.807, 2.05) is 54.0 Å². The van der Waals surface area contributed by atoms with Crippen molar-refractivity contribution in [1.82, 2.24) is 24.3 Å². The molecule has 1 fully saturated rings. The van der Waals surface area contributed by atoms with Crippen LogP contribution in [0.1, 0.15) is 10.8 Å². The van der Waals surface area contributed by atoms with E-state index in [0.29, 0.717) is 0 Å². The number of hydrogen-bond acceptors (Lipinski definition) is 5. The number of piperazine rings is 1. The van der Waals surface area contributed by atoms with E-state index in [1.165, 1.54) is 0 Å². The lowest BCUT2D eigenvalue weighted by Crippen LogP contribution is -2.49. The molecule has 2 aromatic heterocycles. The molecule has 0 saturated carbocycles. The van der Waals surface area contributed by atoms with E-state index < -0.39 is 0 Å². The van der Waals surface area contributed by atoms with Crippen molar-refractivity contribution in [3.8, 4) is 0 Å². The van der Waals surface area contributed by atoms with Crippen molar-refractivity contribution in [3.63, 3.8) is 0 Å². The summed E-state index contributed by atoms with van der Waals surface area (Å²) in [5.74, 6) is 1.05. The van der Waals surface area contributed by atoms with Crippen molar-refractivity contribution in [3.05, 3.63) is 41.4 Å². The van der Waals surface area contributed by atoms with Gasteiger partial charge in [0.15, 0.2) is 0 Å². The van der Waals surface area contributed by atoms with Crippen LogP contribution in [0.4, 0.5) is 10.5 Å². The molecule has 3 heterocycles. The molecule has 136 valence electrons. The summed E-state index contributed by atoms with van der Waals surface area (Å²) in [6, 6.07) is 5.83. The molecule has 1 aliphatic rings. The van der Waals surface area contributed by atoms with Crippen molar-refractivity contribution >= 4 is 33.3 Å². The fourth-order valence-corrected chi connectivity index (χ4v) is 4.04. The van der Waals surface area contributed by atoms with Gasteiger partial charge in [-0.3, -0.25) is 4.90 Å². The Morgan fingerprint density at radius 3 is 2.81 bits per heavy atom. The van der Waals surface area contributed by atoms with E-state index in [0.717, 1.165) is 59.5 Å². The van der Waals surface area contributed by atoms with Gasteiger partial charge in [-0.05, 0) is 25.1 Å². The second-order valence-electron chi connectivity index (χ2n) is 6.56. The number of fused-ring (bicyclic) bond motifs is 1. The third kappa shape index (κ3) is 3.56. The summed E-state index contributed by atoms with van der Waals surface area (Å²) in [5, 5.41) is 4.05. The zero-order valence-electron chi connectivity index (χ0n) is 15.0. The molecule has 3 aromatic rings. The number of urea groups is 1. The van der Waals surface area contributed by atoms with Gasteiger partial charge in [-0.2, -0.15) is 0 Å². The van der Waals surface area contributed by atoms with E-state index in [4.69, 9.17) is 0 Å². The summed E-state index contributed by atoms with van der Waals surface area (Å²) in [6.07, 6.45) is 3.78. The monoisotopic (exact) mass is 370 g/mol. The largest absolute Gasteiger partial charge is 0.337 e. The van der Waals surface area contributed by atoms with Crippen LogP contribution in [0.3, 0.4) is 0 Å². The average molecular weight is 370 g/mol. The Kier molecular flexibility index (Phi) is 4.60. The molecule has 0 aliphatic carbocycles. The number of aryl methyl sites for hydroxylation is 2. The van der Waals surface area contributed by atoms with Crippen LogP contribution in [-0.4, -0.2) is 56.5 Å². The summed E-state index contributed by atoms with van der Waals surface area (Å²) in [7, 11) is 2.01. The maximum absolute atomic E-state index is 12.6. The molecular formula is C18H22N6OS. The lowest BCUT2D eigenvalue weighted by atomic mass is 10.3. The third-order valence-electron chi connectivity index (χ3n) is 4.69. The standard InChI is InChI=1S/C18H22N6OS/c1-13-20-15-4-3-14(11-16(15)26-13)21-18(25)24-9-7-23(8-10-24)12-17-19-5-6-22(17)2/h3-6,11H,7-10,12H2,1-2H3,(H,21,25). The van der Waals surface area contributed by atoms with Crippen molar-refractivity contribution in [2.75, 3.05) is 31.5 Å². The molecule has 26 heavy (non-hydrogen) atoms. The fraction of sp³-hybridized carbons (Fsp3) is 0.389. The molecule has 0 unspecified atom stereocenters. The lowest BCUT2D eigenvalue weighted by molar-refractivity contribution is 0.140. The first-order chi connectivity index (χ1) is 12.6. The van der Waals surface area contributed by atoms with Crippen molar-refractivity contribution in [2.45, 2.75) is 13.5 Å². The molecule has 1 aliphatic heterocycles. The quantitative estimate of drug-likeness (QED) is 0.770. The van der Waals surface area contributed by atoms with Crippen molar-refractivity contribution < 1.29 is 4.79 Å². The topological polar surface area (TPSA) is 66.3 Å². The highest BCUT2D eigenvalue weighted by molar-refractivity contribution is 7.18. The predicted octanol–water partition coefficient (Wildman–Crippen LogP) is 2.69. The number of carbonyl (C=O) groups is 1. The second kappa shape index (κ2) is 7.05. The fourth-order valence-electron chi connectivity index (χ4n) is 3.18. The lowest BCUT2D eigenvalue weighted by Gasteiger charge is -2.34. The number of thiazole rings is 1. The van der Waals surface area contributed by atoms with Crippen LogP contribution in [0.25, 0.3) is 10.2 Å². The minimum Gasteiger partial charge on any atom is -0.337 e. The number of rotatable bonds is 3. The molecule has 0 atom stereocenters. The van der Waals surface area contributed by atoms with E-state index in [2.05, 4.69) is 20.2 Å². The first-order valence-corrected chi connectivity index (χ1v) is 9.52. The number of amides is 2. The SMILES string of the molecule is Cc1nc2ccc(NC(=O)N3CCN(Cc4nccn4C)CC3)cc2s1. The van der Waals surface area contributed by atoms with Gasteiger partial charge in [-0.15, -0.1) is 11.3 Å². The normalized spacial score (nSPS) is 15.5. The van der Waals surface area contributed by atoms with E-state index in [1.54, 1.807) is 11.3 Å². The maximum Gasteiger partial charge on any atom is 0.321 e. The van der Waals surface area contributed by atoms with Crippen LogP contribution >= 0.6 is 11.3 Å². The van der Waals surface area contributed by atoms with Gasteiger partial charge in [0.1, 0.15) is 5.82 Å². The van der Waals surface area contributed by atoms with Gasteiger partial charge in [0.05, 0.1) is 21.8 Å². The van der Waals surface area contributed by atoms with Gasteiger partial charge >= 0.3 is 6.03 Å². The molecule has 8 heteroatoms. The molecule has 1 N–H and O–H groups in total. The highest BCUT2D eigenvalue weighted by atomic mass is 32.1. The number of nitrogens with zero attached hydrogens (tertiary/aromatic N) is 5. The zero-order valence-corrected chi connectivity index (χ0v) is 15.8. The first kappa shape index (κ1) is 17.0. The Morgan fingerprint density at radius 1 is 1.27 bits per heavy atom. The molecule has 1 aromatic carbocycles. The number of anilines is 1. The van der Waals surface area contributed by atoms with Crippen LogP contribution in [-0.2, 0) is 13.6 Å². The van der Waals surface area contributed by atoms with E-state index >= 15 is 0 Å². The zero-order chi connectivity index (χ0) is 18.1. The summed E-state index contributed by atoms with van der Waals surface area (Å²) < 4.78 is 3.14. The number of nitrogens with one attached hydrogen (secondary N) is 1. The van der Waals surface area contributed by atoms with Gasteiger partial charge in [-0.25, -0.2) is 14.8 Å². The van der Waals surface area contributed by atoms with Crippen molar-refractivity contribution in [1.29, 1.82) is 0 Å². The van der Waals surface area contributed by atoms with Crippen LogP contribution in [0.2, 0.25) is 0 Å². The summed E-state index contributed by atoms with van der Waals surface area (Å²) >= 11 is 1.64. The highest BCUT2D eigenvalue weighted by Crippen LogP contribution is 2.25. The first-order valence-electron chi connectivity index (χ1n) is 8.70. The van der Waals surface area contributed by atoms with Crippen molar-refractivity contribution in [2.24, 2.45) is 7.05 Å². The molecule has 7 nitrogen and oxygen atoms in total. The Morgan fingerprint density at radius 2 is 2.08 bits per heavy atom. The van der Waals surface area contributed by atoms with Crippen LogP contribution in [0, 0.1) is 6.92 Å². The smallest absolute Gasteiger partial charge is 0.321 e. The number of imidazole rings is 1. The van der Waals surface area contributed by atoms with Crippen LogP contribution in [0.15, 0.2) is 30.6 Å². The number of carbonyl (C=O) groups excluding carboxylic acids is 1. The molecule has 0 spiro atoms. The Hall–Kier alpha value is -2.45. The second-order valence-corrected chi connectivity index (χ2v) is 7.80. The molecule has 0 bridgehead atoms. The summed E-state index contributed by atoms with van der Waals surface area (Å²) in [6.45, 7) is 5.96. The molecule has 0 radical (unpaired) electrons. The molecule has 2 amide bonds. The maximum atomic E-state index is 12.6. The van der Waals surface area contributed by atoms with Crippen LogP contribution in [0.5, 0.6) is 0 Å². The summed E-state index contributed by atoms with van der Waals surface area (Å²) in [4.78, 5) is 25.6. The predicted molar refractivity (Wildman–Crippen MR) is 103 cm³/mol. The summed E-state index contributed by atoms with van der Waals surface area (Å²) in [5.41, 5.74) is 1.80. The molecule has 1 saturated heterocycles. The Bertz CT molecular complexity index is 925. The van der Waals surface area contributed by atoms with Gasteiger partial charge < -0.3 is 14.8 Å². The highest BCUT2D eigenvalue weighted by Gasteiger charge is 2.22. The van der Waals surface area contributed by atoms with Gasteiger partial charge in [0, 0.05) is 51.3 Å². The number of benzene rings is 1. The average Bonchev–Trinajstić information content (AvgIpc) is 3.19. The third-order valence-corrected chi connectivity index (χ3v) is 5.63. The molecular weight excluding hydrogens is 348 g/mol. The minimum absolute atomic E-state index is 0.0396. The Labute approximate surface area is 156 Å². The number of aromatic nitrogens is 3.